The molecular weight excluding hydrogens is 339 g/mol. The number of halogens is 2. The van der Waals surface area contributed by atoms with Crippen molar-refractivity contribution in [2.75, 3.05) is 5.75 Å². The molecule has 2 aromatic rings. The van der Waals surface area contributed by atoms with E-state index in [0.29, 0.717) is 11.1 Å². The van der Waals surface area contributed by atoms with Gasteiger partial charge in [-0.25, -0.2) is 4.39 Å². The fraction of sp³-hybridized carbons (Fsp3) is 0.188. The van der Waals surface area contributed by atoms with Crippen molar-refractivity contribution in [1.29, 1.82) is 0 Å². The van der Waals surface area contributed by atoms with Crippen molar-refractivity contribution in [3.05, 3.63) is 63.9 Å². The quantitative estimate of drug-likeness (QED) is 0.548. The molecule has 0 radical (unpaired) electrons. The van der Waals surface area contributed by atoms with Crippen molar-refractivity contribution in [3.63, 3.8) is 0 Å². The van der Waals surface area contributed by atoms with Crippen molar-refractivity contribution in [1.82, 2.24) is 0 Å². The largest absolute Gasteiger partial charge is 0.294 e. The zero-order valence-corrected chi connectivity index (χ0v) is 13.4. The number of rotatable bonds is 5. The van der Waals surface area contributed by atoms with E-state index in [-0.39, 0.29) is 18.0 Å². The first kappa shape index (κ1) is 15.3. The number of hydrogen-bond acceptors (Lipinski definition) is 2. The van der Waals surface area contributed by atoms with Gasteiger partial charge < -0.3 is 0 Å². The lowest BCUT2D eigenvalue weighted by atomic mass is 10.0. The monoisotopic (exact) mass is 352 g/mol. The van der Waals surface area contributed by atoms with E-state index in [1.165, 1.54) is 12.1 Å². The van der Waals surface area contributed by atoms with Gasteiger partial charge in [-0.05, 0) is 41.6 Å². The van der Waals surface area contributed by atoms with Crippen LogP contribution in [0.25, 0.3) is 0 Å². The van der Waals surface area contributed by atoms with E-state index < -0.39 is 0 Å². The van der Waals surface area contributed by atoms with Crippen molar-refractivity contribution >= 4 is 33.5 Å². The van der Waals surface area contributed by atoms with Crippen LogP contribution in [-0.4, -0.2) is 11.5 Å². The van der Waals surface area contributed by atoms with Crippen LogP contribution in [0.2, 0.25) is 0 Å². The van der Waals surface area contributed by atoms with Gasteiger partial charge in [-0.15, -0.1) is 11.8 Å². The number of hydrogen-bond donors (Lipinski definition) is 0. The van der Waals surface area contributed by atoms with E-state index >= 15 is 0 Å². The third-order valence-electron chi connectivity index (χ3n) is 2.85. The Hall–Kier alpha value is -1.13. The molecule has 0 bridgehead atoms. The predicted octanol–water partition coefficient (Wildman–Crippen LogP) is 5.13. The lowest BCUT2D eigenvalue weighted by Gasteiger charge is -2.05. The van der Waals surface area contributed by atoms with Crippen LogP contribution in [0.5, 0.6) is 0 Å². The summed E-state index contributed by atoms with van der Waals surface area (Å²) in [4.78, 5) is 13.3. The molecule has 0 aliphatic heterocycles. The van der Waals surface area contributed by atoms with Gasteiger partial charge in [0.2, 0.25) is 0 Å². The molecule has 0 heterocycles. The van der Waals surface area contributed by atoms with Crippen LogP contribution in [0.1, 0.15) is 22.8 Å². The van der Waals surface area contributed by atoms with E-state index in [1.807, 2.05) is 24.3 Å². The topological polar surface area (TPSA) is 17.1 Å². The average molecular weight is 353 g/mol. The molecule has 2 aromatic carbocycles. The third-order valence-corrected chi connectivity index (χ3v) is 4.51. The highest BCUT2D eigenvalue weighted by Crippen LogP contribution is 2.21. The molecular formula is C16H14BrFOS. The first-order valence-corrected chi connectivity index (χ1v) is 8.08. The Morgan fingerprint density at radius 1 is 1.20 bits per heavy atom. The van der Waals surface area contributed by atoms with Crippen molar-refractivity contribution in [2.45, 2.75) is 18.2 Å². The van der Waals surface area contributed by atoms with E-state index in [1.54, 1.807) is 17.8 Å². The molecule has 0 aromatic heterocycles. The highest BCUT2D eigenvalue weighted by Gasteiger charge is 2.10. The highest BCUT2D eigenvalue weighted by molar-refractivity contribution is 9.10. The maximum absolute atomic E-state index is 13.2. The summed E-state index contributed by atoms with van der Waals surface area (Å²) in [6.07, 6.45) is 0.193. The van der Waals surface area contributed by atoms with Gasteiger partial charge >= 0.3 is 0 Å². The first-order chi connectivity index (χ1) is 9.60. The molecule has 0 amide bonds. The van der Waals surface area contributed by atoms with E-state index in [0.717, 1.165) is 15.1 Å². The van der Waals surface area contributed by atoms with E-state index in [2.05, 4.69) is 22.9 Å². The predicted molar refractivity (Wildman–Crippen MR) is 85.0 cm³/mol. The summed E-state index contributed by atoms with van der Waals surface area (Å²) in [5.41, 5.74) is 1.32. The lowest BCUT2D eigenvalue weighted by molar-refractivity contribution is 0.0992. The van der Waals surface area contributed by atoms with Crippen LogP contribution in [0.3, 0.4) is 0 Å². The molecule has 0 aliphatic carbocycles. The Labute approximate surface area is 130 Å². The Balaban J connectivity index is 2.13. The van der Waals surface area contributed by atoms with Gasteiger partial charge in [-0.1, -0.05) is 35.0 Å². The van der Waals surface area contributed by atoms with E-state index in [9.17, 15) is 9.18 Å². The summed E-state index contributed by atoms with van der Waals surface area (Å²) in [6, 6.07) is 11.9. The summed E-state index contributed by atoms with van der Waals surface area (Å²) in [5, 5.41) is 0. The SMILES string of the molecule is CCSc1ccc(C(=O)Cc2cc(F)ccc2Br)cc1. The molecule has 4 heteroatoms. The van der Waals surface area contributed by atoms with Gasteiger partial charge in [0.25, 0.3) is 0 Å². The number of thioether (sulfide) groups is 1. The summed E-state index contributed by atoms with van der Waals surface area (Å²) in [7, 11) is 0. The molecule has 0 atom stereocenters. The maximum Gasteiger partial charge on any atom is 0.167 e. The third kappa shape index (κ3) is 3.93. The van der Waals surface area contributed by atoms with Gasteiger partial charge in [0, 0.05) is 21.4 Å². The maximum atomic E-state index is 13.2. The number of ketones is 1. The van der Waals surface area contributed by atoms with Crippen LogP contribution in [-0.2, 0) is 6.42 Å². The standard InChI is InChI=1S/C16H14BrFOS/c1-2-20-14-6-3-11(4-7-14)16(19)10-12-9-13(18)5-8-15(12)17/h3-9H,2,10H2,1H3. The Morgan fingerprint density at radius 3 is 2.55 bits per heavy atom. The molecule has 0 unspecified atom stereocenters. The summed E-state index contributed by atoms with van der Waals surface area (Å²) in [5.74, 6) is 0.666. The Morgan fingerprint density at radius 2 is 1.90 bits per heavy atom. The number of Topliss-reactive ketones (excluding diaryl/α,β-unsaturated/α-hetero) is 1. The van der Waals surface area contributed by atoms with Crippen LogP contribution in [0, 0.1) is 5.82 Å². The molecule has 20 heavy (non-hydrogen) atoms. The highest BCUT2D eigenvalue weighted by atomic mass is 79.9. The summed E-state index contributed by atoms with van der Waals surface area (Å²) < 4.78 is 14.0. The molecule has 104 valence electrons. The van der Waals surface area contributed by atoms with Crippen LogP contribution < -0.4 is 0 Å². The van der Waals surface area contributed by atoms with Crippen LogP contribution >= 0.6 is 27.7 Å². The second kappa shape index (κ2) is 7.04. The smallest absolute Gasteiger partial charge is 0.167 e. The fourth-order valence-corrected chi connectivity index (χ4v) is 2.91. The second-order valence-corrected chi connectivity index (χ2v) is 6.48. The lowest BCUT2D eigenvalue weighted by Crippen LogP contribution is -2.04. The van der Waals surface area contributed by atoms with Crippen molar-refractivity contribution in [2.24, 2.45) is 0 Å². The van der Waals surface area contributed by atoms with Crippen molar-refractivity contribution in [3.8, 4) is 0 Å². The Kier molecular flexibility index (Phi) is 5.38. The van der Waals surface area contributed by atoms with Gasteiger partial charge in [0.15, 0.2) is 5.78 Å². The number of benzene rings is 2. The minimum absolute atomic E-state index is 0.00986. The molecule has 0 saturated carbocycles. The first-order valence-electron chi connectivity index (χ1n) is 6.30. The fourth-order valence-electron chi connectivity index (χ4n) is 1.86. The average Bonchev–Trinajstić information content (AvgIpc) is 2.44. The normalized spacial score (nSPS) is 10.6. The Bertz CT molecular complexity index is 610. The zero-order valence-electron chi connectivity index (χ0n) is 11.0. The molecule has 0 N–H and O–H groups in total. The zero-order chi connectivity index (χ0) is 14.5. The number of carbonyl (C=O) groups is 1. The molecule has 0 fully saturated rings. The van der Waals surface area contributed by atoms with Crippen LogP contribution in [0.4, 0.5) is 4.39 Å². The molecule has 0 saturated heterocycles. The van der Waals surface area contributed by atoms with Crippen molar-refractivity contribution < 1.29 is 9.18 Å². The summed E-state index contributed by atoms with van der Waals surface area (Å²) in [6.45, 7) is 2.09. The van der Waals surface area contributed by atoms with Gasteiger partial charge in [-0.3, -0.25) is 4.79 Å². The second-order valence-electron chi connectivity index (χ2n) is 4.29. The summed E-state index contributed by atoms with van der Waals surface area (Å²) >= 11 is 5.08. The van der Waals surface area contributed by atoms with E-state index in [4.69, 9.17) is 0 Å². The van der Waals surface area contributed by atoms with Gasteiger partial charge in [0.1, 0.15) is 5.82 Å². The minimum atomic E-state index is -0.328. The molecule has 0 aliphatic rings. The molecule has 1 nitrogen and oxygen atoms in total. The number of carbonyl (C=O) groups excluding carboxylic acids is 1. The van der Waals surface area contributed by atoms with Gasteiger partial charge in [-0.2, -0.15) is 0 Å². The molecule has 0 spiro atoms. The molecule has 2 rings (SSSR count). The van der Waals surface area contributed by atoms with Gasteiger partial charge in [0.05, 0.1) is 0 Å². The minimum Gasteiger partial charge on any atom is -0.294 e. The van der Waals surface area contributed by atoms with Crippen LogP contribution in [0.15, 0.2) is 51.8 Å².